The number of aryl methyl sites for hydroxylation is 1. The maximum Gasteiger partial charge on any atom is 0.107 e. The molecule has 0 aliphatic carbocycles. The zero-order valence-corrected chi connectivity index (χ0v) is 12.9. The standard InChI is InChI=1S/C16H19N3S/c1-11(2)17-9-13-10-19(3)18-16(13)15-8-12-6-4-5-7-14(12)20-15/h4-8,10-11,17H,9H2,1-3H3. The second kappa shape index (κ2) is 5.38. The molecule has 4 heteroatoms. The summed E-state index contributed by atoms with van der Waals surface area (Å²) in [5.74, 6) is 0. The average molecular weight is 285 g/mol. The first-order chi connectivity index (χ1) is 9.63. The number of nitrogens with zero attached hydrogens (tertiary/aromatic N) is 2. The van der Waals surface area contributed by atoms with Crippen LogP contribution in [0, 0.1) is 0 Å². The Labute approximate surface area is 123 Å². The van der Waals surface area contributed by atoms with Crippen LogP contribution in [0.4, 0.5) is 0 Å². The number of aromatic nitrogens is 2. The number of hydrogen-bond acceptors (Lipinski definition) is 3. The van der Waals surface area contributed by atoms with Crippen molar-refractivity contribution >= 4 is 21.4 Å². The second-order valence-corrected chi connectivity index (χ2v) is 6.44. The molecule has 0 saturated carbocycles. The molecule has 2 aromatic heterocycles. The summed E-state index contributed by atoms with van der Waals surface area (Å²) in [6.07, 6.45) is 2.11. The highest BCUT2D eigenvalue weighted by molar-refractivity contribution is 7.22. The molecule has 0 saturated heterocycles. The monoisotopic (exact) mass is 285 g/mol. The average Bonchev–Trinajstić information content (AvgIpc) is 2.99. The van der Waals surface area contributed by atoms with E-state index in [-0.39, 0.29) is 0 Å². The molecule has 0 amide bonds. The van der Waals surface area contributed by atoms with Gasteiger partial charge in [-0.15, -0.1) is 11.3 Å². The van der Waals surface area contributed by atoms with Crippen LogP contribution in [0.2, 0.25) is 0 Å². The van der Waals surface area contributed by atoms with Crippen LogP contribution in [0.3, 0.4) is 0 Å². The smallest absolute Gasteiger partial charge is 0.107 e. The SMILES string of the molecule is CC(C)NCc1cn(C)nc1-c1cc2ccccc2s1. The summed E-state index contributed by atoms with van der Waals surface area (Å²) in [7, 11) is 1.98. The number of nitrogens with one attached hydrogen (secondary N) is 1. The van der Waals surface area contributed by atoms with Crippen molar-refractivity contribution in [2.75, 3.05) is 0 Å². The zero-order valence-electron chi connectivity index (χ0n) is 12.1. The zero-order chi connectivity index (χ0) is 14.1. The lowest BCUT2D eigenvalue weighted by atomic mass is 10.2. The molecule has 0 atom stereocenters. The lowest BCUT2D eigenvalue weighted by Crippen LogP contribution is -2.21. The van der Waals surface area contributed by atoms with E-state index in [1.165, 1.54) is 20.5 Å². The first-order valence-electron chi connectivity index (χ1n) is 6.88. The van der Waals surface area contributed by atoms with E-state index in [9.17, 15) is 0 Å². The molecule has 3 nitrogen and oxygen atoms in total. The van der Waals surface area contributed by atoms with Gasteiger partial charge in [0.15, 0.2) is 0 Å². The summed E-state index contributed by atoms with van der Waals surface area (Å²) < 4.78 is 3.22. The highest BCUT2D eigenvalue weighted by atomic mass is 32.1. The van der Waals surface area contributed by atoms with Gasteiger partial charge in [0.05, 0.1) is 4.88 Å². The molecule has 3 aromatic rings. The Bertz CT molecular complexity index is 691. The summed E-state index contributed by atoms with van der Waals surface area (Å²) in [5.41, 5.74) is 2.36. The van der Waals surface area contributed by atoms with Crippen molar-refractivity contribution in [1.82, 2.24) is 15.1 Å². The van der Waals surface area contributed by atoms with Gasteiger partial charge in [-0.2, -0.15) is 5.10 Å². The molecule has 2 heterocycles. The maximum atomic E-state index is 4.64. The van der Waals surface area contributed by atoms with Gasteiger partial charge in [-0.25, -0.2) is 0 Å². The summed E-state index contributed by atoms with van der Waals surface area (Å²) in [6, 6.07) is 11.2. The van der Waals surface area contributed by atoms with Crippen molar-refractivity contribution in [2.24, 2.45) is 7.05 Å². The van der Waals surface area contributed by atoms with E-state index in [2.05, 4.69) is 60.8 Å². The van der Waals surface area contributed by atoms with E-state index in [4.69, 9.17) is 0 Å². The van der Waals surface area contributed by atoms with E-state index >= 15 is 0 Å². The van der Waals surface area contributed by atoms with Crippen molar-refractivity contribution in [2.45, 2.75) is 26.4 Å². The summed E-state index contributed by atoms with van der Waals surface area (Å²) >= 11 is 1.81. The normalized spacial score (nSPS) is 11.6. The largest absolute Gasteiger partial charge is 0.310 e. The van der Waals surface area contributed by atoms with Crippen LogP contribution >= 0.6 is 11.3 Å². The third kappa shape index (κ3) is 2.62. The Morgan fingerprint density at radius 1 is 1.30 bits per heavy atom. The molecule has 0 radical (unpaired) electrons. The number of rotatable bonds is 4. The highest BCUT2D eigenvalue weighted by Gasteiger charge is 2.13. The summed E-state index contributed by atoms with van der Waals surface area (Å²) in [4.78, 5) is 1.24. The Morgan fingerprint density at radius 2 is 2.10 bits per heavy atom. The molecular weight excluding hydrogens is 266 g/mol. The quantitative estimate of drug-likeness (QED) is 0.790. The van der Waals surface area contributed by atoms with E-state index in [0.717, 1.165) is 12.2 Å². The number of benzene rings is 1. The summed E-state index contributed by atoms with van der Waals surface area (Å²) in [6.45, 7) is 5.18. The topological polar surface area (TPSA) is 29.9 Å². The molecular formula is C16H19N3S. The fraction of sp³-hybridized carbons (Fsp3) is 0.312. The third-order valence-corrected chi connectivity index (χ3v) is 4.39. The van der Waals surface area contributed by atoms with E-state index in [0.29, 0.717) is 6.04 Å². The van der Waals surface area contributed by atoms with Crippen LogP contribution in [-0.2, 0) is 13.6 Å². The number of hydrogen-bond donors (Lipinski definition) is 1. The molecule has 0 unspecified atom stereocenters. The van der Waals surface area contributed by atoms with Crippen molar-refractivity contribution in [3.05, 3.63) is 42.1 Å². The number of thiophene rings is 1. The van der Waals surface area contributed by atoms with E-state index in [1.807, 2.05) is 23.1 Å². The van der Waals surface area contributed by atoms with Crippen molar-refractivity contribution in [3.8, 4) is 10.6 Å². The second-order valence-electron chi connectivity index (χ2n) is 5.36. The van der Waals surface area contributed by atoms with Gasteiger partial charge >= 0.3 is 0 Å². The Kier molecular flexibility index (Phi) is 3.59. The van der Waals surface area contributed by atoms with Crippen LogP contribution in [0.1, 0.15) is 19.4 Å². The fourth-order valence-electron chi connectivity index (χ4n) is 2.29. The molecule has 20 heavy (non-hydrogen) atoms. The summed E-state index contributed by atoms with van der Waals surface area (Å²) in [5, 5.41) is 9.40. The molecule has 1 aromatic carbocycles. The Morgan fingerprint density at radius 3 is 2.85 bits per heavy atom. The molecule has 1 N–H and O–H groups in total. The lowest BCUT2D eigenvalue weighted by molar-refractivity contribution is 0.589. The highest BCUT2D eigenvalue weighted by Crippen LogP contribution is 2.34. The molecule has 0 spiro atoms. The minimum atomic E-state index is 0.477. The van der Waals surface area contributed by atoms with Gasteiger partial charge in [-0.05, 0) is 17.5 Å². The van der Waals surface area contributed by atoms with Gasteiger partial charge in [0.25, 0.3) is 0 Å². The Hall–Kier alpha value is -1.65. The minimum absolute atomic E-state index is 0.477. The molecule has 0 aliphatic heterocycles. The van der Waals surface area contributed by atoms with Crippen LogP contribution in [-0.4, -0.2) is 15.8 Å². The molecule has 0 aliphatic rings. The first-order valence-corrected chi connectivity index (χ1v) is 7.70. The van der Waals surface area contributed by atoms with Gasteiger partial charge in [0.1, 0.15) is 5.69 Å². The van der Waals surface area contributed by atoms with Crippen molar-refractivity contribution in [1.29, 1.82) is 0 Å². The molecule has 3 rings (SSSR count). The maximum absolute atomic E-state index is 4.64. The predicted molar refractivity (Wildman–Crippen MR) is 86.0 cm³/mol. The van der Waals surface area contributed by atoms with Crippen LogP contribution in [0.5, 0.6) is 0 Å². The van der Waals surface area contributed by atoms with Gasteiger partial charge in [-0.3, -0.25) is 4.68 Å². The first kappa shape index (κ1) is 13.3. The molecule has 0 fully saturated rings. The fourth-order valence-corrected chi connectivity index (χ4v) is 3.37. The minimum Gasteiger partial charge on any atom is -0.310 e. The van der Waals surface area contributed by atoms with Gasteiger partial charge in [-0.1, -0.05) is 32.0 Å². The molecule has 104 valence electrons. The van der Waals surface area contributed by atoms with Crippen LogP contribution in [0.15, 0.2) is 36.5 Å². The van der Waals surface area contributed by atoms with Crippen LogP contribution in [0.25, 0.3) is 20.7 Å². The van der Waals surface area contributed by atoms with Gasteiger partial charge in [0, 0.05) is 36.1 Å². The Balaban J connectivity index is 2.00. The van der Waals surface area contributed by atoms with E-state index < -0.39 is 0 Å². The van der Waals surface area contributed by atoms with Crippen LogP contribution < -0.4 is 5.32 Å². The predicted octanol–water partition coefficient (Wildman–Crippen LogP) is 3.80. The number of fused-ring (bicyclic) bond motifs is 1. The van der Waals surface area contributed by atoms with Gasteiger partial charge in [0.2, 0.25) is 0 Å². The van der Waals surface area contributed by atoms with Gasteiger partial charge < -0.3 is 5.32 Å². The lowest BCUT2D eigenvalue weighted by Gasteiger charge is -2.06. The van der Waals surface area contributed by atoms with Crippen molar-refractivity contribution < 1.29 is 0 Å². The molecule has 0 bridgehead atoms. The third-order valence-electron chi connectivity index (χ3n) is 3.26. The van der Waals surface area contributed by atoms with E-state index in [1.54, 1.807) is 0 Å². The van der Waals surface area contributed by atoms with Crippen molar-refractivity contribution in [3.63, 3.8) is 0 Å².